The Morgan fingerprint density at radius 3 is 1.53 bits per heavy atom. The van der Waals surface area contributed by atoms with Crippen LogP contribution in [0.1, 0.15) is 83.1 Å². The maximum atomic E-state index is 11.7. The molecule has 2 rings (SSSR count). The molecule has 34 heavy (non-hydrogen) atoms. The van der Waals surface area contributed by atoms with E-state index < -0.39 is 21.0 Å². The molecule has 1 atom stereocenters. The molecule has 7 heteroatoms. The summed E-state index contributed by atoms with van der Waals surface area (Å²) in [5.74, 6) is 0. The average Bonchev–Trinajstić information content (AvgIpc) is 2.58. The quantitative estimate of drug-likeness (QED) is 0.346. The summed E-state index contributed by atoms with van der Waals surface area (Å²) < 4.78 is 40.4. The molecule has 2 aliphatic heterocycles. The van der Waals surface area contributed by atoms with Crippen molar-refractivity contribution in [1.82, 2.24) is 0 Å². The Labute approximate surface area is 215 Å². The molecular weight excluding hydrogens is 488 g/mol. The monoisotopic (exact) mass is 528 g/mol. The molecule has 0 N–H and O–H groups in total. The molecule has 0 spiro atoms. The van der Waals surface area contributed by atoms with Gasteiger partial charge in [0.05, 0.1) is 10.2 Å². The van der Waals surface area contributed by atoms with Crippen molar-refractivity contribution in [2.75, 3.05) is 0 Å². The maximum absolute atomic E-state index is 11.7. The summed E-state index contributed by atoms with van der Waals surface area (Å²) in [6, 6.07) is 0. The van der Waals surface area contributed by atoms with Crippen LogP contribution >= 0.6 is 22.5 Å². The van der Waals surface area contributed by atoms with E-state index in [1.165, 1.54) is 9.81 Å². The van der Waals surface area contributed by atoms with Crippen molar-refractivity contribution >= 4 is 27.4 Å². The van der Waals surface area contributed by atoms with Crippen molar-refractivity contribution < 1.29 is 28.0 Å². The summed E-state index contributed by atoms with van der Waals surface area (Å²) in [7, 11) is -5.93. The summed E-state index contributed by atoms with van der Waals surface area (Å²) in [6.45, 7) is 25.6. The number of thioether (sulfide) groups is 1. The minimum Gasteiger partial charge on any atom is -0.182 e. The highest BCUT2D eigenvalue weighted by molar-refractivity contribution is 8.15. The van der Waals surface area contributed by atoms with Crippen LogP contribution in [0.2, 0.25) is 0 Å². The smallest absolute Gasteiger partial charge is 0.143 e. The summed E-state index contributed by atoms with van der Waals surface area (Å²) in [5, 5.41) is 0. The number of rotatable bonds is 3. The molecule has 0 saturated carbocycles. The lowest BCUT2D eigenvalue weighted by Crippen LogP contribution is -2.60. The summed E-state index contributed by atoms with van der Waals surface area (Å²) in [4.78, 5) is 3.97. The molecule has 0 radical (unpaired) electrons. The van der Waals surface area contributed by atoms with Crippen molar-refractivity contribution in [2.24, 2.45) is 21.7 Å². The zero-order chi connectivity index (χ0) is 26.5. The molecule has 0 aliphatic carbocycles. The van der Waals surface area contributed by atoms with Gasteiger partial charge in [-0.05, 0) is 73.0 Å². The summed E-state index contributed by atoms with van der Waals surface area (Å²) in [5.41, 5.74) is 1.42. The lowest BCUT2D eigenvalue weighted by molar-refractivity contribution is -1.91. The number of halogens is 1. The first-order valence-corrected chi connectivity index (χ1v) is 14.7. The van der Waals surface area contributed by atoms with Gasteiger partial charge in [0, 0.05) is 9.77 Å². The molecule has 2 aliphatic rings. The Bertz CT molecular complexity index is 975. The molecule has 0 aromatic carbocycles. The lowest BCUT2D eigenvalue weighted by Gasteiger charge is -2.32. The second-order valence-corrected chi connectivity index (χ2v) is 16.8. The molecule has 0 aromatic rings. The highest BCUT2D eigenvalue weighted by Gasteiger charge is 2.37. The van der Waals surface area contributed by atoms with E-state index in [-0.39, 0.29) is 21.7 Å². The molecule has 0 fully saturated rings. The largest absolute Gasteiger partial charge is 0.182 e. The van der Waals surface area contributed by atoms with E-state index in [1.54, 1.807) is 11.8 Å². The minimum absolute atomic E-state index is 0.0379. The predicted molar refractivity (Wildman–Crippen MR) is 140 cm³/mol. The molecule has 1 unspecified atom stereocenters. The van der Waals surface area contributed by atoms with Gasteiger partial charge in [0.1, 0.15) is 14.5 Å². The zero-order valence-electron chi connectivity index (χ0n) is 22.7. The second kappa shape index (κ2) is 9.70. The van der Waals surface area contributed by atoms with Gasteiger partial charge in [0.2, 0.25) is 0 Å². The van der Waals surface area contributed by atoms with Crippen LogP contribution in [0.15, 0.2) is 56.2 Å². The van der Waals surface area contributed by atoms with Gasteiger partial charge >= 0.3 is 0 Å². The summed E-state index contributed by atoms with van der Waals surface area (Å²) >= 11 is 1.80. The van der Waals surface area contributed by atoms with Gasteiger partial charge < -0.3 is 0 Å². The second-order valence-electron chi connectivity index (χ2n) is 13.0. The third-order valence-corrected chi connectivity index (χ3v) is 10.2. The number of hydrogen-bond donors (Lipinski definition) is 0. The van der Waals surface area contributed by atoms with Crippen LogP contribution < -0.4 is 14.0 Å². The first-order chi connectivity index (χ1) is 15.0. The molecule has 2 heterocycles. The fraction of sp³-hybridized carbons (Fsp3) is 0.593. The molecule has 192 valence electrons. The van der Waals surface area contributed by atoms with E-state index >= 15 is 0 Å². The Kier molecular flexibility index (Phi) is 8.45. The Hall–Kier alpha value is -0.600. The van der Waals surface area contributed by atoms with Gasteiger partial charge in [0.15, 0.2) is 0 Å². The molecule has 0 bridgehead atoms. The maximum Gasteiger partial charge on any atom is 0.143 e. The SMILES string of the molecule is CC(C)(C)C1=CC(C=C2C=C(C(C)(C)C)SC(C(C)(C)C)=C2)=S(O[Cl+3]([O-])([O-])[O-])C(C(C)(C)C)=C1. The third kappa shape index (κ3) is 7.95. The van der Waals surface area contributed by atoms with Crippen molar-refractivity contribution in [2.45, 2.75) is 83.1 Å². The number of hydrogen-bond acceptors (Lipinski definition) is 5. The third-order valence-electron chi connectivity index (χ3n) is 5.35. The fourth-order valence-electron chi connectivity index (χ4n) is 3.25. The van der Waals surface area contributed by atoms with Crippen LogP contribution in [0.4, 0.5) is 0 Å². The van der Waals surface area contributed by atoms with E-state index in [4.69, 9.17) is 3.74 Å². The molecular formula is C27H41ClO4S2. The van der Waals surface area contributed by atoms with Crippen LogP contribution in [0.5, 0.6) is 0 Å². The Morgan fingerprint density at radius 2 is 1.18 bits per heavy atom. The van der Waals surface area contributed by atoms with E-state index in [0.717, 1.165) is 16.1 Å². The standard InChI is InChI=1S/C27H41ClO4S2/c1-24(2,3)19-16-20(34(32-28(29,30)31)23(17-19)27(10,11)12)13-18-14-21(25(4,5)6)33-22(15-18)26(7,8)9/h13-17H,1-12H3. The highest BCUT2D eigenvalue weighted by Crippen LogP contribution is 2.50. The average molecular weight is 529 g/mol. The van der Waals surface area contributed by atoms with Crippen molar-refractivity contribution in [3.8, 4) is 0 Å². The van der Waals surface area contributed by atoms with Gasteiger partial charge in [-0.2, -0.15) is 14.0 Å². The highest BCUT2D eigenvalue weighted by atomic mass is 35.7. The van der Waals surface area contributed by atoms with Crippen LogP contribution in [0.3, 0.4) is 0 Å². The van der Waals surface area contributed by atoms with E-state index in [1.807, 2.05) is 39.0 Å². The minimum atomic E-state index is -4.60. The summed E-state index contributed by atoms with van der Waals surface area (Å²) in [6.07, 6.45) is 10.3. The van der Waals surface area contributed by atoms with Gasteiger partial charge in [-0.1, -0.05) is 94.8 Å². The lowest BCUT2D eigenvalue weighted by atomic mass is 9.83. The first-order valence-electron chi connectivity index (χ1n) is 11.5. The predicted octanol–water partition coefficient (Wildman–Crippen LogP) is 5.71. The van der Waals surface area contributed by atoms with Crippen molar-refractivity contribution in [3.63, 3.8) is 0 Å². The normalized spacial score (nSPS) is 21.1. The van der Waals surface area contributed by atoms with Gasteiger partial charge in [0.25, 0.3) is 0 Å². The van der Waals surface area contributed by atoms with Crippen LogP contribution in [-0.2, 0) is 3.74 Å². The van der Waals surface area contributed by atoms with E-state index in [0.29, 0.717) is 4.86 Å². The van der Waals surface area contributed by atoms with E-state index in [9.17, 15) is 14.0 Å². The van der Waals surface area contributed by atoms with Crippen LogP contribution in [0.25, 0.3) is 0 Å². The fourth-order valence-corrected chi connectivity index (χ4v) is 7.19. The van der Waals surface area contributed by atoms with Crippen LogP contribution in [-0.4, -0.2) is 4.86 Å². The Morgan fingerprint density at radius 1 is 0.706 bits per heavy atom. The molecule has 0 aromatic heterocycles. The zero-order valence-corrected chi connectivity index (χ0v) is 25.1. The van der Waals surface area contributed by atoms with Crippen molar-refractivity contribution in [3.05, 3.63) is 56.2 Å². The molecule has 0 amide bonds. The topological polar surface area (TPSA) is 78.4 Å². The van der Waals surface area contributed by atoms with Gasteiger partial charge in [-0.15, -0.1) is 0 Å². The number of allylic oxidation sites excluding steroid dienone is 10. The van der Waals surface area contributed by atoms with Crippen molar-refractivity contribution in [1.29, 1.82) is 0 Å². The van der Waals surface area contributed by atoms with E-state index in [2.05, 4.69) is 74.5 Å². The molecule has 4 nitrogen and oxygen atoms in total. The first kappa shape index (κ1) is 29.6. The van der Waals surface area contributed by atoms with Crippen LogP contribution in [0, 0.1) is 31.9 Å². The Balaban J connectivity index is 2.88. The van der Waals surface area contributed by atoms with Gasteiger partial charge in [-0.3, -0.25) is 0 Å². The molecule has 0 saturated heterocycles. The van der Waals surface area contributed by atoms with Gasteiger partial charge in [-0.25, -0.2) is 0 Å².